The van der Waals surface area contributed by atoms with Crippen molar-refractivity contribution in [2.24, 2.45) is 17.8 Å². The molecule has 0 radical (unpaired) electrons. The Bertz CT molecular complexity index is 937. The van der Waals surface area contributed by atoms with Crippen molar-refractivity contribution in [3.8, 4) is 0 Å². The fourth-order valence-electron chi connectivity index (χ4n) is 4.72. The Hall–Kier alpha value is -3.15. The van der Waals surface area contributed by atoms with E-state index in [1.807, 2.05) is 60.7 Å². The molecule has 1 aliphatic rings. The highest BCUT2D eigenvalue weighted by atomic mass is 16.4. The van der Waals surface area contributed by atoms with Crippen molar-refractivity contribution in [1.29, 1.82) is 0 Å². The Kier molecular flexibility index (Phi) is 9.25. The third-order valence-electron chi connectivity index (χ3n) is 6.90. The van der Waals surface area contributed by atoms with Gasteiger partial charge in [-0.2, -0.15) is 0 Å². The highest BCUT2D eigenvalue weighted by Crippen LogP contribution is 2.33. The number of rotatable bonds is 10. The van der Waals surface area contributed by atoms with E-state index in [1.54, 1.807) is 0 Å². The number of carbonyl (C=O) groups is 3. The monoisotopic (exact) mass is 464 g/mol. The van der Waals surface area contributed by atoms with Gasteiger partial charge in [0.25, 0.3) is 0 Å². The van der Waals surface area contributed by atoms with Crippen LogP contribution >= 0.6 is 0 Å². The summed E-state index contributed by atoms with van der Waals surface area (Å²) < 4.78 is 0. The third-order valence-corrected chi connectivity index (χ3v) is 6.90. The highest BCUT2D eigenvalue weighted by Gasteiger charge is 2.32. The first-order valence-electron chi connectivity index (χ1n) is 12.2. The zero-order valence-electron chi connectivity index (χ0n) is 20.1. The second kappa shape index (κ2) is 12.4. The van der Waals surface area contributed by atoms with Crippen molar-refractivity contribution < 1.29 is 19.5 Å². The minimum Gasteiger partial charge on any atom is -0.480 e. The molecule has 34 heavy (non-hydrogen) atoms. The molecule has 6 heteroatoms. The van der Waals surface area contributed by atoms with Crippen molar-refractivity contribution in [1.82, 2.24) is 10.6 Å². The smallest absolute Gasteiger partial charge is 0.326 e. The molecule has 0 heterocycles. The van der Waals surface area contributed by atoms with Gasteiger partial charge in [-0.05, 0) is 48.6 Å². The first kappa shape index (κ1) is 25.5. The van der Waals surface area contributed by atoms with Crippen LogP contribution in [-0.4, -0.2) is 35.0 Å². The molecule has 0 aliphatic heterocycles. The number of carboxylic acids is 1. The molecule has 0 aromatic heterocycles. The Morgan fingerprint density at radius 3 is 1.76 bits per heavy atom. The van der Waals surface area contributed by atoms with Gasteiger partial charge in [0.15, 0.2) is 0 Å². The minimum atomic E-state index is -1.10. The summed E-state index contributed by atoms with van der Waals surface area (Å²) in [6.45, 7) is 4.44. The molecule has 0 unspecified atom stereocenters. The van der Waals surface area contributed by atoms with Gasteiger partial charge in [0, 0.05) is 18.8 Å². The van der Waals surface area contributed by atoms with Gasteiger partial charge in [-0.15, -0.1) is 0 Å². The summed E-state index contributed by atoms with van der Waals surface area (Å²) >= 11 is 0. The van der Waals surface area contributed by atoms with E-state index in [0.29, 0.717) is 18.3 Å². The van der Waals surface area contributed by atoms with E-state index in [4.69, 9.17) is 0 Å². The molecule has 3 rings (SSSR count). The molecule has 0 spiro atoms. The van der Waals surface area contributed by atoms with Gasteiger partial charge in [-0.1, -0.05) is 74.5 Å². The molecular weight excluding hydrogens is 428 g/mol. The number of hydrogen-bond donors (Lipinski definition) is 3. The molecule has 2 aromatic carbocycles. The zero-order valence-corrected chi connectivity index (χ0v) is 20.1. The van der Waals surface area contributed by atoms with Crippen molar-refractivity contribution in [2.75, 3.05) is 0 Å². The lowest BCUT2D eigenvalue weighted by Gasteiger charge is -2.31. The maximum atomic E-state index is 13.2. The predicted octanol–water partition coefficient (Wildman–Crippen LogP) is 3.99. The van der Waals surface area contributed by atoms with Crippen LogP contribution in [0.25, 0.3) is 0 Å². The van der Waals surface area contributed by atoms with Gasteiger partial charge in [0.05, 0.1) is 0 Å². The van der Waals surface area contributed by atoms with Crippen LogP contribution in [0.15, 0.2) is 60.7 Å². The van der Waals surface area contributed by atoms with E-state index in [1.165, 1.54) is 0 Å². The molecule has 2 atom stereocenters. The molecule has 1 fully saturated rings. The van der Waals surface area contributed by atoms with E-state index in [-0.39, 0.29) is 18.2 Å². The second-order valence-corrected chi connectivity index (χ2v) is 9.70. The topological polar surface area (TPSA) is 95.5 Å². The van der Waals surface area contributed by atoms with Crippen LogP contribution in [0.1, 0.15) is 50.7 Å². The van der Waals surface area contributed by atoms with Crippen LogP contribution < -0.4 is 10.6 Å². The first-order chi connectivity index (χ1) is 16.3. The predicted molar refractivity (Wildman–Crippen MR) is 132 cm³/mol. The Morgan fingerprint density at radius 1 is 0.794 bits per heavy atom. The Labute approximate surface area is 202 Å². The van der Waals surface area contributed by atoms with Crippen molar-refractivity contribution in [3.63, 3.8) is 0 Å². The standard InChI is InChI=1S/C28H36N2O4/c1-19(2)22-13-15-23(16-14-22)26(31)29-24(17-20-9-5-3-6-10-20)27(32)30-25(28(33)34)18-21-11-7-4-8-12-21/h3-12,19,22-25H,13-18H2,1-2H3,(H,29,31)(H,30,32)(H,33,34)/t22-,23-,24-,25-/m0/s1. The van der Waals surface area contributed by atoms with Crippen LogP contribution in [0.5, 0.6) is 0 Å². The van der Waals surface area contributed by atoms with E-state index >= 15 is 0 Å². The lowest BCUT2D eigenvalue weighted by atomic mass is 9.76. The fraction of sp³-hybridized carbons (Fsp3) is 0.464. The molecule has 6 nitrogen and oxygen atoms in total. The number of carbonyl (C=O) groups excluding carboxylic acids is 2. The molecular formula is C28H36N2O4. The first-order valence-corrected chi connectivity index (χ1v) is 12.2. The van der Waals surface area contributed by atoms with Gasteiger partial charge in [-0.25, -0.2) is 4.79 Å². The summed E-state index contributed by atoms with van der Waals surface area (Å²) in [4.78, 5) is 38.2. The number of hydrogen-bond acceptors (Lipinski definition) is 3. The fourth-order valence-corrected chi connectivity index (χ4v) is 4.72. The van der Waals surface area contributed by atoms with Gasteiger partial charge in [0.2, 0.25) is 11.8 Å². The van der Waals surface area contributed by atoms with E-state index in [0.717, 1.165) is 36.8 Å². The zero-order chi connectivity index (χ0) is 24.5. The minimum absolute atomic E-state index is 0.110. The molecule has 2 aromatic rings. The normalized spacial score (nSPS) is 19.7. The highest BCUT2D eigenvalue weighted by molar-refractivity contribution is 5.91. The van der Waals surface area contributed by atoms with Gasteiger partial charge in [0.1, 0.15) is 12.1 Å². The number of amides is 2. The molecule has 1 aliphatic carbocycles. The van der Waals surface area contributed by atoms with Gasteiger partial charge < -0.3 is 15.7 Å². The lowest BCUT2D eigenvalue weighted by Crippen LogP contribution is -2.54. The van der Waals surface area contributed by atoms with Crippen LogP contribution in [0.4, 0.5) is 0 Å². The van der Waals surface area contributed by atoms with Crippen molar-refractivity contribution >= 4 is 17.8 Å². The number of benzene rings is 2. The number of aliphatic carboxylic acids is 1. The second-order valence-electron chi connectivity index (χ2n) is 9.70. The average Bonchev–Trinajstić information content (AvgIpc) is 2.84. The van der Waals surface area contributed by atoms with Crippen LogP contribution in [0.3, 0.4) is 0 Å². The van der Waals surface area contributed by atoms with Crippen LogP contribution in [0, 0.1) is 17.8 Å². The molecule has 2 amide bonds. The average molecular weight is 465 g/mol. The summed E-state index contributed by atoms with van der Waals surface area (Å²) in [7, 11) is 0. The summed E-state index contributed by atoms with van der Waals surface area (Å²) in [6, 6.07) is 16.7. The lowest BCUT2D eigenvalue weighted by molar-refractivity contribution is -0.142. The Morgan fingerprint density at radius 2 is 1.29 bits per heavy atom. The van der Waals surface area contributed by atoms with Crippen LogP contribution in [-0.2, 0) is 27.2 Å². The van der Waals surface area contributed by atoms with E-state index < -0.39 is 24.0 Å². The maximum absolute atomic E-state index is 13.2. The summed E-state index contributed by atoms with van der Waals surface area (Å²) in [5, 5.41) is 15.3. The molecule has 1 saturated carbocycles. The quantitative estimate of drug-likeness (QED) is 0.495. The summed E-state index contributed by atoms with van der Waals surface area (Å²) in [6.07, 6.45) is 4.15. The van der Waals surface area contributed by atoms with E-state index in [2.05, 4.69) is 24.5 Å². The molecule has 0 bridgehead atoms. The van der Waals surface area contributed by atoms with Gasteiger partial charge in [-0.3, -0.25) is 9.59 Å². The van der Waals surface area contributed by atoms with Gasteiger partial charge >= 0.3 is 5.97 Å². The number of carboxylic acid groups (broad SMARTS) is 1. The van der Waals surface area contributed by atoms with Crippen molar-refractivity contribution in [2.45, 2.75) is 64.5 Å². The summed E-state index contributed by atoms with van der Waals surface area (Å²) in [5.74, 6) is -0.556. The number of nitrogens with one attached hydrogen (secondary N) is 2. The Balaban J connectivity index is 1.69. The van der Waals surface area contributed by atoms with E-state index in [9.17, 15) is 19.5 Å². The molecule has 182 valence electrons. The molecule has 3 N–H and O–H groups in total. The summed E-state index contributed by atoms with van der Waals surface area (Å²) in [5.41, 5.74) is 1.72. The SMILES string of the molecule is CC(C)[C@H]1CC[C@H](C(=O)N[C@@H](Cc2ccccc2)C(=O)N[C@@H](Cc2ccccc2)C(=O)O)CC1. The maximum Gasteiger partial charge on any atom is 0.326 e. The van der Waals surface area contributed by atoms with Crippen molar-refractivity contribution in [3.05, 3.63) is 71.8 Å². The largest absolute Gasteiger partial charge is 0.480 e. The third kappa shape index (κ3) is 7.44. The van der Waals surface area contributed by atoms with Crippen LogP contribution in [0.2, 0.25) is 0 Å². The molecule has 0 saturated heterocycles.